The van der Waals surface area contributed by atoms with E-state index in [-0.39, 0.29) is 22.1 Å². The fraction of sp³-hybridized carbons (Fsp3) is 0.625. The van der Waals surface area contributed by atoms with Gasteiger partial charge in [-0.25, -0.2) is 0 Å². The first kappa shape index (κ1) is 17.4. The Kier molecular flexibility index (Phi) is 4.44. The Morgan fingerprint density at radius 2 is 1.68 bits per heavy atom. The number of nitrogens with one attached hydrogen (secondary N) is 2. The molecule has 22 heavy (non-hydrogen) atoms. The predicted octanol–water partition coefficient (Wildman–Crippen LogP) is 5.08. The number of anilines is 1. The second-order valence-corrected chi connectivity index (χ2v) is 7.74. The van der Waals surface area contributed by atoms with Gasteiger partial charge >= 0.3 is 6.18 Å². The minimum absolute atomic E-state index is 0.0707. The lowest BCUT2D eigenvalue weighted by Crippen LogP contribution is -2.60. The number of hydrogen-bond donors (Lipinski definition) is 2. The Balaban J connectivity index is 2.20. The van der Waals surface area contributed by atoms with Crippen molar-refractivity contribution >= 4 is 17.3 Å². The topological polar surface area (TPSA) is 24.1 Å². The third-order valence-electron chi connectivity index (χ3n) is 3.83. The monoisotopic (exact) mass is 334 g/mol. The van der Waals surface area contributed by atoms with Crippen LogP contribution in [0.5, 0.6) is 0 Å². The second-order valence-electron chi connectivity index (χ2n) is 7.33. The highest BCUT2D eigenvalue weighted by Gasteiger charge is 2.38. The van der Waals surface area contributed by atoms with Gasteiger partial charge < -0.3 is 10.6 Å². The van der Waals surface area contributed by atoms with Crippen LogP contribution >= 0.6 is 11.6 Å². The van der Waals surface area contributed by atoms with Crippen LogP contribution in [-0.2, 0) is 6.18 Å². The van der Waals surface area contributed by atoms with Crippen LogP contribution in [0.4, 0.5) is 18.9 Å². The van der Waals surface area contributed by atoms with Crippen LogP contribution in [0.2, 0.25) is 5.02 Å². The van der Waals surface area contributed by atoms with Crippen molar-refractivity contribution in [3.05, 3.63) is 28.8 Å². The Labute approximate surface area is 134 Å². The summed E-state index contributed by atoms with van der Waals surface area (Å²) in [6.45, 7) is 8.41. The molecule has 1 aromatic rings. The average Bonchev–Trinajstić information content (AvgIpc) is 2.25. The lowest BCUT2D eigenvalue weighted by molar-refractivity contribution is -0.137. The molecule has 0 bridgehead atoms. The summed E-state index contributed by atoms with van der Waals surface area (Å²) in [7, 11) is 0. The van der Waals surface area contributed by atoms with E-state index in [1.165, 1.54) is 6.07 Å². The second kappa shape index (κ2) is 5.60. The van der Waals surface area contributed by atoms with Crippen molar-refractivity contribution in [2.45, 2.75) is 63.8 Å². The predicted molar refractivity (Wildman–Crippen MR) is 84.4 cm³/mol. The smallest absolute Gasteiger partial charge is 0.382 e. The minimum atomic E-state index is -4.44. The fourth-order valence-corrected chi connectivity index (χ4v) is 3.72. The molecule has 1 aromatic carbocycles. The summed E-state index contributed by atoms with van der Waals surface area (Å²) in [5.74, 6) is 0. The normalized spacial score (nSPS) is 21.6. The molecule has 2 rings (SSSR count). The van der Waals surface area contributed by atoms with Gasteiger partial charge in [0.1, 0.15) is 0 Å². The molecule has 2 N–H and O–H groups in total. The molecular weight excluding hydrogens is 313 g/mol. The van der Waals surface area contributed by atoms with Crippen molar-refractivity contribution in [1.82, 2.24) is 5.32 Å². The van der Waals surface area contributed by atoms with Gasteiger partial charge in [-0.3, -0.25) is 0 Å². The molecule has 6 heteroatoms. The third-order valence-corrected chi connectivity index (χ3v) is 4.16. The van der Waals surface area contributed by atoms with Gasteiger partial charge in [0.25, 0.3) is 0 Å². The largest absolute Gasteiger partial charge is 0.417 e. The van der Waals surface area contributed by atoms with Gasteiger partial charge in [0, 0.05) is 22.8 Å². The van der Waals surface area contributed by atoms with Gasteiger partial charge in [-0.2, -0.15) is 13.2 Å². The number of hydrogen-bond acceptors (Lipinski definition) is 2. The van der Waals surface area contributed by atoms with Crippen molar-refractivity contribution in [2.75, 3.05) is 5.32 Å². The van der Waals surface area contributed by atoms with E-state index in [1.54, 1.807) is 6.07 Å². The number of rotatable bonds is 2. The van der Waals surface area contributed by atoms with E-state index in [1.807, 2.05) is 0 Å². The van der Waals surface area contributed by atoms with Crippen LogP contribution in [-0.4, -0.2) is 17.1 Å². The first-order valence-corrected chi connectivity index (χ1v) is 7.68. The summed E-state index contributed by atoms with van der Waals surface area (Å²) in [4.78, 5) is 0. The molecule has 0 radical (unpaired) electrons. The van der Waals surface area contributed by atoms with Gasteiger partial charge in [0.05, 0.1) is 10.6 Å². The van der Waals surface area contributed by atoms with Crippen molar-refractivity contribution in [3.63, 3.8) is 0 Å². The average molecular weight is 335 g/mol. The summed E-state index contributed by atoms with van der Waals surface area (Å²) in [5, 5.41) is 6.51. The number of alkyl halides is 3. The van der Waals surface area contributed by atoms with Crippen LogP contribution in [0.3, 0.4) is 0 Å². The Bertz CT molecular complexity index is 537. The maximum atomic E-state index is 12.9. The highest BCUT2D eigenvalue weighted by Crippen LogP contribution is 2.37. The molecule has 124 valence electrons. The highest BCUT2D eigenvalue weighted by molar-refractivity contribution is 6.31. The van der Waals surface area contributed by atoms with Gasteiger partial charge in [0.15, 0.2) is 0 Å². The van der Waals surface area contributed by atoms with Gasteiger partial charge in [0.2, 0.25) is 0 Å². The standard InChI is InChI=1S/C16H22ClF3N2/c1-14(2)8-11(9-15(3,4)22-14)21-10-5-6-13(17)12(7-10)16(18,19)20/h5-7,11,21-22H,8-9H2,1-4H3. The van der Waals surface area contributed by atoms with E-state index in [0.29, 0.717) is 5.69 Å². The van der Waals surface area contributed by atoms with Crippen molar-refractivity contribution < 1.29 is 13.2 Å². The molecule has 1 aliphatic rings. The molecule has 0 unspecified atom stereocenters. The fourth-order valence-electron chi connectivity index (χ4n) is 3.49. The Morgan fingerprint density at radius 3 is 2.18 bits per heavy atom. The molecule has 1 saturated heterocycles. The maximum Gasteiger partial charge on any atom is 0.417 e. The number of piperidine rings is 1. The molecule has 0 aromatic heterocycles. The zero-order valence-electron chi connectivity index (χ0n) is 13.2. The van der Waals surface area contributed by atoms with E-state index in [9.17, 15) is 13.2 Å². The minimum Gasteiger partial charge on any atom is -0.382 e. The lowest BCUT2D eigenvalue weighted by atomic mass is 9.79. The molecule has 0 spiro atoms. The van der Waals surface area contributed by atoms with E-state index >= 15 is 0 Å². The molecule has 1 heterocycles. The van der Waals surface area contributed by atoms with Crippen LogP contribution in [0, 0.1) is 0 Å². The van der Waals surface area contributed by atoms with Crippen LogP contribution in [0.1, 0.15) is 46.1 Å². The van der Waals surface area contributed by atoms with Gasteiger partial charge in [-0.15, -0.1) is 0 Å². The quantitative estimate of drug-likeness (QED) is 0.788. The first-order chi connectivity index (χ1) is 9.88. The molecule has 1 aliphatic heterocycles. The third kappa shape index (κ3) is 4.29. The number of halogens is 4. The molecule has 0 saturated carbocycles. The van der Waals surface area contributed by atoms with Crippen molar-refractivity contribution in [3.8, 4) is 0 Å². The molecule has 0 amide bonds. The van der Waals surface area contributed by atoms with Crippen LogP contribution in [0.15, 0.2) is 18.2 Å². The van der Waals surface area contributed by atoms with E-state index in [0.717, 1.165) is 18.9 Å². The Morgan fingerprint density at radius 1 is 1.14 bits per heavy atom. The van der Waals surface area contributed by atoms with Gasteiger partial charge in [-0.1, -0.05) is 11.6 Å². The van der Waals surface area contributed by atoms with Crippen LogP contribution in [0.25, 0.3) is 0 Å². The van der Waals surface area contributed by atoms with Crippen molar-refractivity contribution in [1.29, 1.82) is 0 Å². The van der Waals surface area contributed by atoms with Crippen LogP contribution < -0.4 is 10.6 Å². The maximum absolute atomic E-state index is 12.9. The summed E-state index contributed by atoms with van der Waals surface area (Å²) in [5.41, 5.74) is -0.487. The Hall–Kier alpha value is -0.940. The summed E-state index contributed by atoms with van der Waals surface area (Å²) < 4.78 is 38.8. The summed E-state index contributed by atoms with van der Waals surface area (Å²) in [6, 6.07) is 4.09. The van der Waals surface area contributed by atoms with Gasteiger partial charge in [-0.05, 0) is 58.7 Å². The molecule has 1 fully saturated rings. The number of benzene rings is 1. The molecular formula is C16H22ClF3N2. The summed E-state index contributed by atoms with van der Waals surface area (Å²) in [6.07, 6.45) is -2.78. The molecule has 0 aliphatic carbocycles. The summed E-state index contributed by atoms with van der Waals surface area (Å²) >= 11 is 5.66. The molecule has 0 atom stereocenters. The van der Waals surface area contributed by atoms with E-state index < -0.39 is 11.7 Å². The zero-order valence-corrected chi connectivity index (χ0v) is 14.0. The first-order valence-electron chi connectivity index (χ1n) is 7.31. The van der Waals surface area contributed by atoms with E-state index in [4.69, 9.17) is 11.6 Å². The lowest BCUT2D eigenvalue weighted by Gasteiger charge is -2.47. The van der Waals surface area contributed by atoms with E-state index in [2.05, 4.69) is 38.3 Å². The zero-order chi connectivity index (χ0) is 16.8. The van der Waals surface area contributed by atoms with Crippen molar-refractivity contribution in [2.24, 2.45) is 0 Å². The molecule has 2 nitrogen and oxygen atoms in total. The highest BCUT2D eigenvalue weighted by atomic mass is 35.5. The SMILES string of the molecule is CC1(C)CC(Nc2ccc(Cl)c(C(F)(F)F)c2)CC(C)(C)N1.